The molecule has 0 N–H and O–H groups in total. The Balaban J connectivity index is 2.28. The number of hydrogen-bond donors (Lipinski definition) is 0. The van der Waals surface area contributed by atoms with Crippen LogP contribution in [0.3, 0.4) is 0 Å². The maximum Gasteiger partial charge on any atom is 0.206 e. The summed E-state index contributed by atoms with van der Waals surface area (Å²) in [7, 11) is -3.61. The van der Waals surface area contributed by atoms with Gasteiger partial charge in [-0.15, -0.1) is 0 Å². The molecule has 0 aliphatic carbocycles. The van der Waals surface area contributed by atoms with Gasteiger partial charge < -0.3 is 4.12 Å². The lowest BCUT2D eigenvalue weighted by Crippen LogP contribution is -2.64. The van der Waals surface area contributed by atoms with Gasteiger partial charge in [-0.2, -0.15) is 0 Å². The molecule has 22 heavy (non-hydrogen) atoms. The van der Waals surface area contributed by atoms with Crippen LogP contribution in [0.2, 0.25) is 24.2 Å². The zero-order valence-electron chi connectivity index (χ0n) is 14.7. The van der Waals surface area contributed by atoms with E-state index in [1.807, 2.05) is 0 Å². The Kier molecular flexibility index (Phi) is 3.86. The predicted octanol–water partition coefficient (Wildman–Crippen LogP) is 5.13. The molecule has 0 amide bonds. The zero-order chi connectivity index (χ0) is 16.1. The minimum Gasteiger partial charge on any atom is -0.451 e. The molecule has 1 heterocycles. The van der Waals surface area contributed by atoms with Crippen molar-refractivity contribution in [2.75, 3.05) is 0 Å². The molecule has 3 rings (SSSR count). The molecule has 0 unspecified atom stereocenters. The molecule has 118 valence electrons. The molecule has 0 radical (unpaired) electrons. The van der Waals surface area contributed by atoms with Crippen molar-refractivity contribution in [3.8, 4) is 0 Å². The molecule has 1 nitrogen and oxygen atoms in total. The number of fused-ring (bicyclic) bond motifs is 3. The zero-order valence-corrected chi connectivity index (χ0v) is 16.7. The summed E-state index contributed by atoms with van der Waals surface area (Å²) in [5, 5.41) is 4.36. The van der Waals surface area contributed by atoms with Crippen molar-refractivity contribution >= 4 is 32.6 Å². The van der Waals surface area contributed by atoms with Crippen LogP contribution in [0.1, 0.15) is 33.3 Å². The number of hydrogen-bond acceptors (Lipinski definition) is 1. The second-order valence-corrected chi connectivity index (χ2v) is 16.8. The lowest BCUT2D eigenvalue weighted by atomic mass is 10.1. The minimum absolute atomic E-state index is 0.659. The average Bonchev–Trinajstić information content (AvgIpc) is 2.45. The smallest absolute Gasteiger partial charge is 0.206 e. The molecule has 2 aromatic rings. The van der Waals surface area contributed by atoms with Gasteiger partial charge in [-0.1, -0.05) is 64.1 Å². The summed E-state index contributed by atoms with van der Waals surface area (Å²) in [6.07, 6.45) is 0. The van der Waals surface area contributed by atoms with Crippen molar-refractivity contribution in [3.05, 3.63) is 42.0 Å². The van der Waals surface area contributed by atoms with Gasteiger partial charge in [0.15, 0.2) is 8.32 Å². The van der Waals surface area contributed by atoms with Gasteiger partial charge in [-0.25, -0.2) is 0 Å². The fourth-order valence-corrected chi connectivity index (χ4v) is 15.4. The van der Waals surface area contributed by atoms with E-state index in [0.717, 1.165) is 0 Å². The van der Waals surface area contributed by atoms with Crippen molar-refractivity contribution in [3.63, 3.8) is 0 Å². The Labute approximate surface area is 137 Å². The predicted molar refractivity (Wildman–Crippen MR) is 102 cm³/mol. The first-order valence-corrected chi connectivity index (χ1v) is 13.7. The summed E-state index contributed by atoms with van der Waals surface area (Å²) in [5.41, 5.74) is 2.92. The van der Waals surface area contributed by atoms with Crippen LogP contribution in [0.5, 0.6) is 0 Å². The Morgan fingerprint density at radius 2 is 1.55 bits per heavy atom. The van der Waals surface area contributed by atoms with E-state index in [2.05, 4.69) is 77.2 Å². The van der Waals surface area contributed by atoms with E-state index in [4.69, 9.17) is 4.12 Å². The Hall–Kier alpha value is -0.906. The summed E-state index contributed by atoms with van der Waals surface area (Å²) < 4.78 is 7.04. The summed E-state index contributed by atoms with van der Waals surface area (Å²) in [5.74, 6) is 0. The Morgan fingerprint density at radius 3 is 2.18 bits per heavy atom. The van der Waals surface area contributed by atoms with Crippen LogP contribution in [-0.4, -0.2) is 16.6 Å². The highest BCUT2D eigenvalue weighted by atomic mass is 28.4. The van der Waals surface area contributed by atoms with E-state index in [-0.39, 0.29) is 0 Å². The number of rotatable bonds is 2. The fraction of sp³-hybridized carbons (Fsp3) is 0.474. The lowest BCUT2D eigenvalue weighted by Gasteiger charge is -2.49. The van der Waals surface area contributed by atoms with Gasteiger partial charge in [0.25, 0.3) is 0 Å². The molecule has 0 saturated carbocycles. The molecule has 0 atom stereocenters. The summed E-state index contributed by atoms with van der Waals surface area (Å²) in [6, 6.07) is 14.7. The van der Waals surface area contributed by atoms with Gasteiger partial charge in [0, 0.05) is 0 Å². The SMILES string of the molecule is CC(C)[Si]1(C(C)C)Cc2c(ccc3ccccc23)[Si](C)(C)O1. The van der Waals surface area contributed by atoms with Gasteiger partial charge in [0.05, 0.1) is 0 Å². The first-order valence-electron chi connectivity index (χ1n) is 8.49. The van der Waals surface area contributed by atoms with Crippen LogP contribution < -0.4 is 5.19 Å². The first-order chi connectivity index (χ1) is 10.3. The molecule has 3 heteroatoms. The van der Waals surface area contributed by atoms with Crippen molar-refractivity contribution in [1.82, 2.24) is 0 Å². The van der Waals surface area contributed by atoms with Crippen LogP contribution in [0.4, 0.5) is 0 Å². The first kappa shape index (κ1) is 16.0. The van der Waals surface area contributed by atoms with Crippen LogP contribution in [0, 0.1) is 0 Å². The standard InChI is InChI=1S/C19H28OSi2/c1-14(2)22(15(3)4)13-18-17-10-8-7-9-16(17)11-12-19(18)21(5,6)20-22/h7-12,14-15H,13H2,1-6H3. The third kappa shape index (κ3) is 2.30. The average molecular weight is 329 g/mol. The van der Waals surface area contributed by atoms with Crippen LogP contribution in [0.15, 0.2) is 36.4 Å². The van der Waals surface area contributed by atoms with E-state index < -0.39 is 16.6 Å². The highest BCUT2D eigenvalue weighted by molar-refractivity contribution is 6.95. The Bertz CT molecular complexity index is 696. The van der Waals surface area contributed by atoms with Crippen molar-refractivity contribution < 1.29 is 4.12 Å². The quantitative estimate of drug-likeness (QED) is 0.694. The topological polar surface area (TPSA) is 9.23 Å². The highest BCUT2D eigenvalue weighted by Crippen LogP contribution is 2.42. The summed E-state index contributed by atoms with van der Waals surface area (Å²) >= 11 is 0. The molecule has 1 aliphatic heterocycles. The lowest BCUT2D eigenvalue weighted by molar-refractivity contribution is 0.492. The van der Waals surface area contributed by atoms with Gasteiger partial charge in [0.2, 0.25) is 8.32 Å². The molecular weight excluding hydrogens is 300 g/mol. The van der Waals surface area contributed by atoms with Crippen molar-refractivity contribution in [1.29, 1.82) is 0 Å². The second-order valence-electron chi connectivity index (χ2n) is 7.87. The molecule has 0 saturated heterocycles. The van der Waals surface area contributed by atoms with Crippen LogP contribution in [-0.2, 0) is 10.2 Å². The molecule has 0 bridgehead atoms. The third-order valence-electron chi connectivity index (χ3n) is 5.54. The molecule has 2 aromatic carbocycles. The maximum atomic E-state index is 7.04. The maximum absolute atomic E-state index is 7.04. The molecule has 0 aromatic heterocycles. The molecular formula is C19H28OSi2. The highest BCUT2D eigenvalue weighted by Gasteiger charge is 2.51. The minimum atomic E-state index is -1.83. The number of benzene rings is 2. The van der Waals surface area contributed by atoms with E-state index in [1.165, 1.54) is 22.0 Å². The van der Waals surface area contributed by atoms with Gasteiger partial charge in [0.1, 0.15) is 0 Å². The van der Waals surface area contributed by atoms with Crippen molar-refractivity contribution in [2.45, 2.75) is 57.9 Å². The molecule has 1 aliphatic rings. The Morgan fingerprint density at radius 1 is 0.909 bits per heavy atom. The van der Waals surface area contributed by atoms with E-state index in [0.29, 0.717) is 11.1 Å². The van der Waals surface area contributed by atoms with E-state index in [9.17, 15) is 0 Å². The van der Waals surface area contributed by atoms with Gasteiger partial charge in [-0.05, 0) is 51.7 Å². The van der Waals surface area contributed by atoms with Gasteiger partial charge >= 0.3 is 0 Å². The monoisotopic (exact) mass is 328 g/mol. The summed E-state index contributed by atoms with van der Waals surface area (Å²) in [4.78, 5) is 0. The summed E-state index contributed by atoms with van der Waals surface area (Å²) in [6.45, 7) is 14.3. The van der Waals surface area contributed by atoms with Crippen LogP contribution in [0.25, 0.3) is 10.8 Å². The van der Waals surface area contributed by atoms with Gasteiger partial charge in [-0.3, -0.25) is 0 Å². The van der Waals surface area contributed by atoms with E-state index >= 15 is 0 Å². The normalized spacial score (nSPS) is 19.6. The third-order valence-corrected chi connectivity index (χ3v) is 15.7. The van der Waals surface area contributed by atoms with Crippen LogP contribution >= 0.6 is 0 Å². The second kappa shape index (κ2) is 5.32. The molecule has 0 spiro atoms. The largest absolute Gasteiger partial charge is 0.451 e. The fourth-order valence-electron chi connectivity index (χ4n) is 4.24. The van der Waals surface area contributed by atoms with Crippen molar-refractivity contribution in [2.24, 2.45) is 0 Å². The molecule has 0 fully saturated rings. The van der Waals surface area contributed by atoms with E-state index in [1.54, 1.807) is 5.56 Å².